The van der Waals surface area contributed by atoms with Gasteiger partial charge in [-0.05, 0) is 0 Å². The van der Waals surface area contributed by atoms with Gasteiger partial charge in [0.1, 0.15) is 0 Å². The van der Waals surface area contributed by atoms with Gasteiger partial charge in [-0.2, -0.15) is 0 Å². The lowest BCUT2D eigenvalue weighted by molar-refractivity contribution is -0.155. The van der Waals surface area contributed by atoms with Crippen LogP contribution in [-0.4, -0.2) is 36.7 Å². The molecular weight excluding hydrogens is 192 g/mol. The van der Waals surface area contributed by atoms with E-state index >= 15 is 0 Å². The van der Waals surface area contributed by atoms with Gasteiger partial charge in [-0.25, -0.2) is 0 Å². The molecule has 0 aliphatic carbocycles. The number of rotatable bonds is 5. The van der Waals surface area contributed by atoms with Gasteiger partial charge in [-0.3, -0.25) is 19.2 Å². The monoisotopic (exact) mass is 200 g/mol. The van der Waals surface area contributed by atoms with Crippen molar-refractivity contribution in [3.8, 4) is 0 Å². The summed E-state index contributed by atoms with van der Waals surface area (Å²) in [5, 5.41) is 0. The van der Waals surface area contributed by atoms with Crippen molar-refractivity contribution in [2.75, 3.05) is 0 Å². The minimum atomic E-state index is -1.56. The molecule has 0 saturated carbocycles. The number of carbonyl (C=O) groups excluding carboxylic acids is 4. The van der Waals surface area contributed by atoms with E-state index in [4.69, 9.17) is 0 Å². The Bertz CT molecular complexity index is 220. The van der Waals surface area contributed by atoms with Crippen LogP contribution in [0.1, 0.15) is 13.8 Å². The molecule has 2 atom stereocenters. The maximum atomic E-state index is 10.4. The van der Waals surface area contributed by atoms with Gasteiger partial charge in [0.25, 0.3) is 0 Å². The Morgan fingerprint density at radius 2 is 1.21 bits per heavy atom. The van der Waals surface area contributed by atoms with Crippen molar-refractivity contribution in [1.29, 1.82) is 0 Å². The lowest BCUT2D eigenvalue weighted by Gasteiger charge is -2.15. The molecule has 2 unspecified atom stereocenters. The summed E-state index contributed by atoms with van der Waals surface area (Å²) in [5.74, 6) is -1.57. The average molecular weight is 200 g/mol. The fourth-order valence-corrected chi connectivity index (χ4v) is 0.653. The molecule has 0 aromatic heterocycles. The van der Waals surface area contributed by atoms with Crippen LogP contribution >= 0.6 is 0 Å². The van der Waals surface area contributed by atoms with Crippen LogP contribution in [0.2, 0.25) is 0 Å². The zero-order valence-corrected chi connectivity index (χ0v) is 7.60. The summed E-state index contributed by atoms with van der Waals surface area (Å²) >= 11 is 0. The molecule has 0 bridgehead atoms. The topological polar surface area (TPSA) is 86.7 Å². The highest BCUT2D eigenvalue weighted by atomic mass is 16.6. The third-order valence-electron chi connectivity index (χ3n) is 1.09. The first-order valence-corrected chi connectivity index (χ1v) is 3.61. The van der Waals surface area contributed by atoms with Crippen LogP contribution in [0.4, 0.5) is 0 Å². The molecule has 0 spiro atoms. The number of carbonyl (C=O) groups is 2. The quantitative estimate of drug-likeness (QED) is 0.533. The van der Waals surface area contributed by atoms with Crippen molar-refractivity contribution in [3.05, 3.63) is 0 Å². The molecule has 0 saturated heterocycles. The van der Waals surface area contributed by atoms with E-state index in [-0.39, 0.29) is 0 Å². The number of hydrogen-bond acceptors (Lipinski definition) is 6. The van der Waals surface area contributed by atoms with Gasteiger partial charge in [0.15, 0.2) is 0 Å². The largest absolute Gasteiger partial charge is 0.449 e. The minimum absolute atomic E-state index is 0.786. The van der Waals surface area contributed by atoms with Gasteiger partial charge in [-0.1, -0.05) is 0 Å². The molecule has 6 nitrogen and oxygen atoms in total. The molecule has 0 heterocycles. The molecule has 14 heavy (non-hydrogen) atoms. The zero-order valence-electron chi connectivity index (χ0n) is 7.60. The minimum Gasteiger partial charge on any atom is -0.449 e. The van der Waals surface area contributed by atoms with Crippen LogP contribution in [-0.2, 0) is 28.7 Å². The van der Waals surface area contributed by atoms with E-state index in [1.165, 1.54) is 12.6 Å². The molecule has 6 heteroatoms. The second-order valence-electron chi connectivity index (χ2n) is 2.30. The summed E-state index contributed by atoms with van der Waals surface area (Å²) in [6.07, 6.45) is -0.608. The number of hydrogen-bond donors (Lipinski definition) is 0. The lowest BCUT2D eigenvalue weighted by atomic mass is 10.2. The van der Waals surface area contributed by atoms with E-state index in [2.05, 4.69) is 9.47 Å². The third-order valence-corrected chi connectivity index (χ3v) is 1.09. The zero-order chi connectivity index (χ0) is 11.1. The smallest absolute Gasteiger partial charge is 0.303 e. The van der Waals surface area contributed by atoms with Crippen molar-refractivity contribution in [2.24, 2.45) is 0 Å². The Labute approximate surface area is 80.2 Å². The Morgan fingerprint density at radius 3 is 1.36 bits per heavy atom. The molecule has 76 valence electrons. The molecule has 0 aromatic carbocycles. The third kappa shape index (κ3) is 4.34. The molecule has 0 aliphatic rings. The Balaban J connectivity index is 4.43. The number of esters is 2. The Morgan fingerprint density at radius 1 is 0.929 bits per heavy atom. The van der Waals surface area contributed by atoms with Crippen molar-refractivity contribution in [1.82, 2.24) is 0 Å². The van der Waals surface area contributed by atoms with Crippen molar-refractivity contribution in [2.45, 2.75) is 26.1 Å². The maximum Gasteiger partial charge on any atom is 0.303 e. The van der Waals surface area contributed by atoms with Gasteiger partial charge in [-0.15, -0.1) is 0 Å². The summed E-state index contributed by atoms with van der Waals surface area (Å²) in [6.45, 7) is 2.08. The van der Waals surface area contributed by atoms with Crippen LogP contribution in [0.25, 0.3) is 0 Å². The highest BCUT2D eigenvalue weighted by Gasteiger charge is 2.28. The van der Waals surface area contributed by atoms with Crippen LogP contribution in [0.5, 0.6) is 0 Å². The van der Waals surface area contributed by atoms with Gasteiger partial charge in [0.2, 0.25) is 24.8 Å². The van der Waals surface area contributed by atoms with Crippen LogP contribution in [0.15, 0.2) is 0 Å². The molecule has 2 radical (unpaired) electrons. The predicted molar refractivity (Wildman–Crippen MR) is 42.5 cm³/mol. The average Bonchev–Trinajstić information content (AvgIpc) is 2.10. The first-order valence-electron chi connectivity index (χ1n) is 3.61. The summed E-state index contributed by atoms with van der Waals surface area (Å²) in [5.41, 5.74) is 0. The molecular formula is C8H8O6. The van der Waals surface area contributed by atoms with Crippen molar-refractivity contribution in [3.63, 3.8) is 0 Å². The van der Waals surface area contributed by atoms with Crippen LogP contribution < -0.4 is 0 Å². The molecule has 0 fully saturated rings. The molecule has 0 rings (SSSR count). The summed E-state index contributed by atoms with van der Waals surface area (Å²) in [4.78, 5) is 41.4. The molecule has 0 aromatic rings. The fourth-order valence-electron chi connectivity index (χ4n) is 0.653. The van der Waals surface area contributed by atoms with E-state index in [1.807, 2.05) is 0 Å². The maximum absolute atomic E-state index is 10.4. The normalized spacial score (nSPS) is 13.6. The highest BCUT2D eigenvalue weighted by Crippen LogP contribution is 2.01. The van der Waals surface area contributed by atoms with Gasteiger partial charge in [0, 0.05) is 13.8 Å². The summed E-state index contributed by atoms with van der Waals surface area (Å²) in [6, 6.07) is 0. The van der Waals surface area contributed by atoms with Gasteiger partial charge >= 0.3 is 11.9 Å². The second kappa shape index (κ2) is 5.85. The molecule has 0 aliphatic heterocycles. The van der Waals surface area contributed by atoms with Crippen molar-refractivity contribution < 1.29 is 28.7 Å². The first-order chi connectivity index (χ1) is 6.51. The van der Waals surface area contributed by atoms with E-state index in [9.17, 15) is 19.2 Å². The second-order valence-corrected chi connectivity index (χ2v) is 2.30. The van der Waals surface area contributed by atoms with Crippen molar-refractivity contribution >= 4 is 24.5 Å². The van der Waals surface area contributed by atoms with E-state index in [0.29, 0.717) is 0 Å². The summed E-state index contributed by atoms with van der Waals surface area (Å²) in [7, 11) is 0. The predicted octanol–water partition coefficient (Wildman–Crippen LogP) is -0.931. The molecule has 0 amide bonds. The van der Waals surface area contributed by atoms with Crippen LogP contribution in [0.3, 0.4) is 0 Å². The summed E-state index contributed by atoms with van der Waals surface area (Å²) < 4.78 is 8.70. The number of ether oxygens (including phenoxy) is 2. The van der Waals surface area contributed by atoms with E-state index in [1.54, 1.807) is 0 Å². The Kier molecular flexibility index (Phi) is 5.13. The SMILES string of the molecule is CC(=O)OC([C]=O)C([C]=O)OC(C)=O. The van der Waals surface area contributed by atoms with Gasteiger partial charge < -0.3 is 9.47 Å². The molecule has 0 N–H and O–H groups in total. The van der Waals surface area contributed by atoms with E-state index in [0.717, 1.165) is 13.8 Å². The highest BCUT2D eigenvalue weighted by molar-refractivity contribution is 5.77. The van der Waals surface area contributed by atoms with E-state index < -0.39 is 24.1 Å². The van der Waals surface area contributed by atoms with Crippen LogP contribution in [0, 0.1) is 0 Å². The first kappa shape index (κ1) is 12.3. The lowest BCUT2D eigenvalue weighted by Crippen LogP contribution is -2.36. The standard InChI is InChI=1S/C8H8O6/c1-5(11)13-7(3-9)8(4-10)14-6(2)12/h7-8H,1-2H3. The van der Waals surface area contributed by atoms with Gasteiger partial charge in [0.05, 0.1) is 0 Å². The Hall–Kier alpha value is -1.72. The fraction of sp³-hybridized carbons (Fsp3) is 0.500.